The van der Waals surface area contributed by atoms with E-state index in [9.17, 15) is 13.2 Å². The van der Waals surface area contributed by atoms with Gasteiger partial charge in [-0.1, -0.05) is 60.7 Å². The van der Waals surface area contributed by atoms with Gasteiger partial charge in [0.15, 0.2) is 0 Å². The topological polar surface area (TPSA) is 75.3 Å². The molecule has 0 aliphatic carbocycles. The average molecular weight is 453 g/mol. The van der Waals surface area contributed by atoms with Gasteiger partial charge >= 0.3 is 0 Å². The van der Waals surface area contributed by atoms with E-state index in [-0.39, 0.29) is 5.91 Å². The summed E-state index contributed by atoms with van der Waals surface area (Å²) < 4.78 is 26.9. The fourth-order valence-electron chi connectivity index (χ4n) is 2.72. The van der Waals surface area contributed by atoms with Crippen molar-refractivity contribution in [3.63, 3.8) is 0 Å². The third-order valence-corrected chi connectivity index (χ3v) is 6.33. The van der Waals surface area contributed by atoms with Crippen molar-refractivity contribution in [3.05, 3.63) is 107 Å². The minimum atomic E-state index is -3.64. The number of nitrogens with one attached hydrogen (secondary N) is 2. The zero-order valence-electron chi connectivity index (χ0n) is 16.9. The van der Waals surface area contributed by atoms with Gasteiger partial charge in [-0.3, -0.25) is 9.52 Å². The van der Waals surface area contributed by atoms with Crippen molar-refractivity contribution in [2.75, 3.05) is 17.0 Å². The summed E-state index contributed by atoms with van der Waals surface area (Å²) in [5.41, 5.74) is 2.93. The molecule has 7 heteroatoms. The maximum absolute atomic E-state index is 12.3. The molecule has 0 aliphatic rings. The van der Waals surface area contributed by atoms with Crippen LogP contribution in [-0.4, -0.2) is 26.6 Å². The molecule has 0 atom stereocenters. The van der Waals surface area contributed by atoms with Gasteiger partial charge in [-0.25, -0.2) is 8.42 Å². The number of anilines is 1. The van der Waals surface area contributed by atoms with Crippen LogP contribution in [0.25, 0.3) is 6.08 Å². The first-order chi connectivity index (χ1) is 15.0. The highest BCUT2D eigenvalue weighted by atomic mass is 32.2. The number of benzene rings is 3. The molecule has 0 aliphatic heterocycles. The van der Waals surface area contributed by atoms with Gasteiger partial charge in [-0.05, 0) is 41.5 Å². The Bertz CT molecular complexity index is 1100. The largest absolute Gasteiger partial charge is 0.351 e. The summed E-state index contributed by atoms with van der Waals surface area (Å²) in [5, 5.41) is 4.00. The quantitative estimate of drug-likeness (QED) is 0.435. The molecule has 3 rings (SSSR count). The van der Waals surface area contributed by atoms with E-state index in [0.717, 1.165) is 22.5 Å². The Morgan fingerprint density at radius 2 is 1.52 bits per heavy atom. The second-order valence-corrected chi connectivity index (χ2v) is 9.40. The highest BCUT2D eigenvalue weighted by Gasteiger charge is 2.08. The van der Waals surface area contributed by atoms with Crippen LogP contribution >= 0.6 is 11.8 Å². The first-order valence-electron chi connectivity index (χ1n) is 9.78. The van der Waals surface area contributed by atoms with Crippen LogP contribution in [0.4, 0.5) is 5.69 Å². The monoisotopic (exact) mass is 452 g/mol. The van der Waals surface area contributed by atoms with Crippen LogP contribution < -0.4 is 10.0 Å². The molecule has 1 amide bonds. The number of sulfonamides is 1. The highest BCUT2D eigenvalue weighted by Crippen LogP contribution is 2.14. The Labute approximate surface area is 187 Å². The molecule has 0 bridgehead atoms. The van der Waals surface area contributed by atoms with Gasteiger partial charge in [-0.15, -0.1) is 0 Å². The summed E-state index contributed by atoms with van der Waals surface area (Å²) in [6.07, 6.45) is 1.53. The summed E-state index contributed by atoms with van der Waals surface area (Å²) in [6.45, 7) is 0.564. The summed E-state index contributed by atoms with van der Waals surface area (Å²) >= 11 is 1.76. The van der Waals surface area contributed by atoms with Gasteiger partial charge in [0.05, 0.1) is 5.41 Å². The van der Waals surface area contributed by atoms with Gasteiger partial charge in [0.2, 0.25) is 0 Å². The van der Waals surface area contributed by atoms with Crippen LogP contribution in [-0.2, 0) is 15.8 Å². The van der Waals surface area contributed by atoms with Crippen molar-refractivity contribution in [2.24, 2.45) is 0 Å². The molecular weight excluding hydrogens is 428 g/mol. The molecule has 3 aromatic carbocycles. The lowest BCUT2D eigenvalue weighted by Crippen LogP contribution is -2.25. The zero-order chi connectivity index (χ0) is 21.9. The van der Waals surface area contributed by atoms with Crippen molar-refractivity contribution < 1.29 is 13.2 Å². The molecule has 0 spiro atoms. The summed E-state index contributed by atoms with van der Waals surface area (Å²) in [6, 6.07) is 25.7. The van der Waals surface area contributed by atoms with E-state index in [2.05, 4.69) is 22.2 Å². The molecule has 0 saturated carbocycles. The van der Waals surface area contributed by atoms with Crippen molar-refractivity contribution in [1.29, 1.82) is 0 Å². The van der Waals surface area contributed by atoms with Gasteiger partial charge < -0.3 is 5.32 Å². The predicted octanol–water partition coefficient (Wildman–Crippen LogP) is 4.76. The molecular formula is C24H24N2O3S2. The summed E-state index contributed by atoms with van der Waals surface area (Å²) in [5.74, 6) is 1.54. The van der Waals surface area contributed by atoms with Gasteiger partial charge in [-0.2, -0.15) is 11.8 Å². The van der Waals surface area contributed by atoms with E-state index < -0.39 is 10.0 Å². The Hall–Kier alpha value is -3.03. The van der Waals surface area contributed by atoms with E-state index in [1.807, 2.05) is 48.5 Å². The summed E-state index contributed by atoms with van der Waals surface area (Å²) in [4.78, 5) is 12.3. The maximum atomic E-state index is 12.3. The Balaban J connectivity index is 1.44. The number of carbonyl (C=O) groups is 1. The Morgan fingerprint density at radius 3 is 2.19 bits per heavy atom. The second-order valence-electron chi connectivity index (χ2n) is 6.73. The van der Waals surface area contributed by atoms with Crippen molar-refractivity contribution in [3.8, 4) is 0 Å². The van der Waals surface area contributed by atoms with Crippen molar-refractivity contribution in [1.82, 2.24) is 5.32 Å². The van der Waals surface area contributed by atoms with Crippen LogP contribution in [0.15, 0.2) is 90.3 Å². The van der Waals surface area contributed by atoms with Gasteiger partial charge in [0, 0.05) is 29.3 Å². The molecule has 2 N–H and O–H groups in total. The highest BCUT2D eigenvalue weighted by molar-refractivity contribution is 7.98. The molecule has 0 aromatic heterocycles. The SMILES string of the molecule is O=C(NCCSCc1ccccc1)c1ccc(NS(=O)(=O)C=Cc2ccccc2)cc1. The number of amides is 1. The van der Waals surface area contributed by atoms with E-state index in [1.165, 1.54) is 11.6 Å². The fraction of sp³-hybridized carbons (Fsp3) is 0.125. The lowest BCUT2D eigenvalue weighted by atomic mass is 10.2. The van der Waals surface area contributed by atoms with Gasteiger partial charge in [0.25, 0.3) is 15.9 Å². The van der Waals surface area contributed by atoms with Gasteiger partial charge in [0.1, 0.15) is 0 Å². The minimum Gasteiger partial charge on any atom is -0.351 e. The fourth-order valence-corrected chi connectivity index (χ4v) is 4.41. The van der Waals surface area contributed by atoms with Crippen LogP contribution in [0.5, 0.6) is 0 Å². The molecule has 0 radical (unpaired) electrons. The smallest absolute Gasteiger partial charge is 0.255 e. The van der Waals surface area contributed by atoms with Crippen LogP contribution in [0.3, 0.4) is 0 Å². The molecule has 0 saturated heterocycles. The van der Waals surface area contributed by atoms with E-state index in [4.69, 9.17) is 0 Å². The van der Waals surface area contributed by atoms with E-state index in [0.29, 0.717) is 17.8 Å². The Kier molecular flexibility index (Phi) is 8.32. The van der Waals surface area contributed by atoms with E-state index >= 15 is 0 Å². The zero-order valence-corrected chi connectivity index (χ0v) is 18.5. The van der Waals surface area contributed by atoms with Crippen molar-refractivity contribution in [2.45, 2.75) is 5.75 Å². The number of hydrogen-bond acceptors (Lipinski definition) is 4. The van der Waals surface area contributed by atoms with Crippen LogP contribution in [0.1, 0.15) is 21.5 Å². The lowest BCUT2D eigenvalue weighted by Gasteiger charge is -2.08. The number of carbonyl (C=O) groups excluding carboxylic acids is 1. The lowest BCUT2D eigenvalue weighted by molar-refractivity contribution is 0.0956. The minimum absolute atomic E-state index is 0.182. The molecule has 160 valence electrons. The third kappa shape index (κ3) is 7.96. The first kappa shape index (κ1) is 22.7. The number of thioether (sulfide) groups is 1. The second kappa shape index (κ2) is 11.4. The number of rotatable bonds is 10. The van der Waals surface area contributed by atoms with Crippen LogP contribution in [0, 0.1) is 0 Å². The van der Waals surface area contributed by atoms with E-state index in [1.54, 1.807) is 36.0 Å². The van der Waals surface area contributed by atoms with Crippen LogP contribution in [0.2, 0.25) is 0 Å². The molecule has 0 heterocycles. The third-order valence-electron chi connectivity index (χ3n) is 4.29. The first-order valence-corrected chi connectivity index (χ1v) is 12.5. The number of hydrogen-bond donors (Lipinski definition) is 2. The standard InChI is InChI=1S/C24H24N2O3S2/c27-24(25-16-17-30-19-21-9-5-2-6-10-21)22-11-13-23(14-12-22)26-31(28,29)18-15-20-7-3-1-4-8-20/h1-15,18,26H,16-17,19H2,(H,25,27). The molecule has 3 aromatic rings. The Morgan fingerprint density at radius 1 is 0.871 bits per heavy atom. The van der Waals surface area contributed by atoms with Crippen molar-refractivity contribution >= 4 is 39.5 Å². The maximum Gasteiger partial charge on any atom is 0.255 e. The molecule has 5 nitrogen and oxygen atoms in total. The normalized spacial score (nSPS) is 11.4. The average Bonchev–Trinajstić information content (AvgIpc) is 2.79. The molecule has 0 unspecified atom stereocenters. The predicted molar refractivity (Wildman–Crippen MR) is 129 cm³/mol. The molecule has 31 heavy (non-hydrogen) atoms. The molecule has 0 fully saturated rings. The summed E-state index contributed by atoms with van der Waals surface area (Å²) in [7, 11) is -3.64.